The molecule has 0 aromatic heterocycles. The maximum absolute atomic E-state index is 10.6. The van der Waals surface area contributed by atoms with Crippen LogP contribution in [0, 0.1) is 0 Å². The molecule has 1 N–H and O–H groups in total. The maximum Gasteiger partial charge on any atom is 0.194 e. The minimum atomic E-state index is -1.41. The first kappa shape index (κ1) is 22.9. The van der Waals surface area contributed by atoms with Gasteiger partial charge in [-0.25, -0.2) is 12.1 Å². The van der Waals surface area contributed by atoms with Gasteiger partial charge in [-0.3, -0.25) is 0 Å². The monoisotopic (exact) mass is 386 g/mol. The number of hydrogen-bond donors (Lipinski definition) is 1. The van der Waals surface area contributed by atoms with Gasteiger partial charge in [-0.15, -0.1) is 0 Å². The van der Waals surface area contributed by atoms with E-state index in [4.69, 9.17) is 0 Å². The molecule has 4 heteroatoms. The van der Waals surface area contributed by atoms with Gasteiger partial charge in [0.25, 0.3) is 0 Å². The zero-order valence-electron chi connectivity index (χ0n) is 16.0. The first-order valence-corrected chi connectivity index (χ1v) is 11.9. The fraction of sp³-hybridized carbons (Fsp3) is 0.450. The van der Waals surface area contributed by atoms with Crippen LogP contribution in [0.4, 0.5) is 0 Å². The van der Waals surface area contributed by atoms with Gasteiger partial charge in [-0.2, -0.15) is 18.2 Å². The smallest absolute Gasteiger partial charge is 0.194 e. The van der Waals surface area contributed by atoms with Crippen molar-refractivity contribution < 1.29 is 22.2 Å². The third kappa shape index (κ3) is 6.43. The normalized spacial score (nSPS) is 15.6. The van der Waals surface area contributed by atoms with E-state index in [0.29, 0.717) is 18.0 Å². The minimum absolute atomic E-state index is 0. The van der Waals surface area contributed by atoms with Gasteiger partial charge in [0, 0.05) is 34.7 Å². The van der Waals surface area contributed by atoms with Crippen LogP contribution in [0.25, 0.3) is 0 Å². The van der Waals surface area contributed by atoms with Crippen LogP contribution >= 0.6 is 0 Å². The van der Waals surface area contributed by atoms with Crippen molar-refractivity contribution in [3.63, 3.8) is 0 Å². The van der Waals surface area contributed by atoms with Crippen LogP contribution in [0.3, 0.4) is 0 Å². The first-order valence-electron chi connectivity index (χ1n) is 8.43. The van der Waals surface area contributed by atoms with Crippen molar-refractivity contribution in [1.82, 2.24) is 4.90 Å². The van der Waals surface area contributed by atoms with Gasteiger partial charge in [0.2, 0.25) is 0 Å². The Labute approximate surface area is 159 Å². The minimum Gasteiger partial charge on any atom is -0.494 e. The molecule has 0 spiro atoms. The summed E-state index contributed by atoms with van der Waals surface area (Å²) in [6.07, 6.45) is 6.26. The summed E-state index contributed by atoms with van der Waals surface area (Å²) in [5.41, 5.74) is 1.02. The van der Waals surface area contributed by atoms with Gasteiger partial charge in [-0.1, -0.05) is 31.8 Å². The van der Waals surface area contributed by atoms with Gasteiger partial charge in [-0.05, 0) is 39.0 Å². The topological polar surface area (TPSA) is 23.5 Å². The average Bonchev–Trinajstić information content (AvgIpc) is 3.12. The summed E-state index contributed by atoms with van der Waals surface area (Å²) in [5.74, 6) is 0.433. The van der Waals surface area contributed by atoms with E-state index in [-0.39, 0.29) is 17.1 Å². The van der Waals surface area contributed by atoms with Gasteiger partial charge < -0.3 is 10.0 Å². The van der Waals surface area contributed by atoms with Crippen LogP contribution < -0.4 is 0 Å². The molecule has 2 nitrogen and oxygen atoms in total. The van der Waals surface area contributed by atoms with Crippen LogP contribution in [0.5, 0.6) is 0 Å². The SMILES string of the molecule is CC(C)N(/C(O)=C1\C=CC=C1[Si](C)(C)C)C(C)C.[Fe].c1cc[cH-]c1. The third-order valence-electron chi connectivity index (χ3n) is 3.78. The molecule has 0 unspecified atom stereocenters. The van der Waals surface area contributed by atoms with E-state index in [1.54, 1.807) is 0 Å². The van der Waals surface area contributed by atoms with Crippen LogP contribution in [-0.2, 0) is 17.1 Å². The molecule has 1 aliphatic carbocycles. The molecule has 0 radical (unpaired) electrons. The summed E-state index contributed by atoms with van der Waals surface area (Å²) in [4.78, 5) is 2.08. The second-order valence-corrected chi connectivity index (χ2v) is 12.5. The molecule has 0 amide bonds. The van der Waals surface area contributed by atoms with Crippen LogP contribution in [0.1, 0.15) is 27.7 Å². The summed E-state index contributed by atoms with van der Waals surface area (Å²) >= 11 is 0. The molecule has 1 aromatic carbocycles. The van der Waals surface area contributed by atoms with Gasteiger partial charge in [0.15, 0.2) is 5.88 Å². The standard InChI is InChI=1S/C15H27NOSi.C5H5.Fe/c1-11(2)16(12(3)4)15(17)13-9-8-10-14(13)18(5,6)7;1-2-4-5-3-1;/h8-12,17H,1-7H3;1-5H;/q;-1;/b15-13-;;. The fourth-order valence-electron chi connectivity index (χ4n) is 2.81. The number of nitrogens with zero attached hydrogens (tertiary/aromatic N) is 1. The van der Waals surface area contributed by atoms with E-state index < -0.39 is 8.07 Å². The molecule has 0 atom stereocenters. The Bertz CT molecular complexity index is 538. The van der Waals surface area contributed by atoms with Crippen LogP contribution in [0.15, 0.2) is 65.2 Å². The predicted molar refractivity (Wildman–Crippen MR) is 104 cm³/mol. The van der Waals surface area contributed by atoms with Crippen molar-refractivity contribution in [2.24, 2.45) is 0 Å². The van der Waals surface area contributed by atoms with E-state index >= 15 is 0 Å². The zero-order valence-corrected chi connectivity index (χ0v) is 18.1. The molecule has 0 aliphatic heterocycles. The molecule has 1 aliphatic rings. The second kappa shape index (κ2) is 10.0. The largest absolute Gasteiger partial charge is 0.494 e. The summed E-state index contributed by atoms with van der Waals surface area (Å²) in [7, 11) is -1.41. The Hall–Kier alpha value is -1.09. The summed E-state index contributed by atoms with van der Waals surface area (Å²) in [6.45, 7) is 15.4. The molecule has 0 saturated carbocycles. The molecule has 2 rings (SSSR count). The Morgan fingerprint density at radius 2 is 1.54 bits per heavy atom. The molecule has 24 heavy (non-hydrogen) atoms. The van der Waals surface area contributed by atoms with Gasteiger partial charge in [0.05, 0.1) is 8.07 Å². The van der Waals surface area contributed by atoms with Gasteiger partial charge >= 0.3 is 0 Å². The molecular weight excluding hydrogens is 354 g/mol. The van der Waals surface area contributed by atoms with E-state index in [0.717, 1.165) is 5.57 Å². The molecule has 0 fully saturated rings. The predicted octanol–water partition coefficient (Wildman–Crippen LogP) is 5.65. The van der Waals surface area contributed by atoms with Crippen molar-refractivity contribution >= 4 is 8.07 Å². The van der Waals surface area contributed by atoms with Crippen molar-refractivity contribution in [3.05, 3.63) is 65.2 Å². The van der Waals surface area contributed by atoms with E-state index in [9.17, 15) is 5.11 Å². The molecule has 0 bridgehead atoms. The molecule has 0 heterocycles. The van der Waals surface area contributed by atoms with Crippen molar-refractivity contribution in [2.75, 3.05) is 0 Å². The van der Waals surface area contributed by atoms with Crippen molar-refractivity contribution in [3.8, 4) is 0 Å². The summed E-state index contributed by atoms with van der Waals surface area (Å²) in [5, 5.41) is 12.0. The number of aliphatic hydroxyl groups excluding tert-OH is 1. The molecule has 1 aromatic rings. The number of rotatable bonds is 4. The Morgan fingerprint density at radius 3 is 1.88 bits per heavy atom. The molecule has 0 saturated heterocycles. The number of aliphatic hydroxyl groups is 1. The van der Waals surface area contributed by atoms with Crippen molar-refractivity contribution in [2.45, 2.75) is 59.4 Å². The zero-order chi connectivity index (χ0) is 17.6. The van der Waals surface area contributed by atoms with E-state index in [1.807, 2.05) is 36.4 Å². The van der Waals surface area contributed by atoms with E-state index in [2.05, 4.69) is 64.4 Å². The first-order chi connectivity index (χ1) is 10.7. The van der Waals surface area contributed by atoms with Crippen molar-refractivity contribution in [1.29, 1.82) is 0 Å². The maximum atomic E-state index is 10.6. The van der Waals surface area contributed by atoms with E-state index in [1.165, 1.54) is 5.20 Å². The number of hydrogen-bond acceptors (Lipinski definition) is 2. The van der Waals surface area contributed by atoms with Crippen LogP contribution in [0.2, 0.25) is 19.6 Å². The fourth-order valence-corrected chi connectivity index (χ4v) is 4.41. The molecular formula is C20H32FeNOSi-. The van der Waals surface area contributed by atoms with Gasteiger partial charge in [0.1, 0.15) is 0 Å². The summed E-state index contributed by atoms with van der Waals surface area (Å²) in [6, 6.07) is 10.6. The Morgan fingerprint density at radius 1 is 1.04 bits per heavy atom. The third-order valence-corrected chi connectivity index (χ3v) is 5.83. The quantitative estimate of drug-likeness (QED) is 0.411. The number of allylic oxidation sites excluding steroid dienone is 5. The van der Waals surface area contributed by atoms with Crippen LogP contribution in [-0.4, -0.2) is 30.2 Å². The Kier molecular flexibility index (Phi) is 9.57. The summed E-state index contributed by atoms with van der Waals surface area (Å²) < 4.78 is 0. The average molecular weight is 386 g/mol. The Balaban J connectivity index is 0.000000751. The molecule has 136 valence electrons. The second-order valence-electron chi connectivity index (χ2n) is 7.48.